The molecular formula is C15H12Cl2O. The quantitative estimate of drug-likeness (QED) is 0.811. The fourth-order valence-electron chi connectivity index (χ4n) is 2.65. The Morgan fingerprint density at radius 2 is 1.67 bits per heavy atom. The lowest BCUT2D eigenvalue weighted by Gasteiger charge is -2.12. The van der Waals surface area contributed by atoms with Crippen LogP contribution in [0, 0.1) is 0 Å². The Morgan fingerprint density at radius 3 is 2.39 bits per heavy atom. The molecule has 1 aliphatic rings. The molecule has 2 aromatic carbocycles. The molecule has 1 nitrogen and oxygen atoms in total. The first-order valence-electron chi connectivity index (χ1n) is 5.88. The van der Waals surface area contributed by atoms with Crippen molar-refractivity contribution in [3.63, 3.8) is 0 Å². The summed E-state index contributed by atoms with van der Waals surface area (Å²) in [7, 11) is 0. The monoisotopic (exact) mass is 278 g/mol. The fourth-order valence-corrected chi connectivity index (χ4v) is 2.96. The smallest absolute Gasteiger partial charge is 0.0802 e. The molecule has 0 unspecified atom stereocenters. The fraction of sp³-hybridized carbons (Fsp3) is 0.200. The highest BCUT2D eigenvalue weighted by Gasteiger charge is 2.30. The van der Waals surface area contributed by atoms with Crippen molar-refractivity contribution in [2.45, 2.75) is 18.4 Å². The molecule has 3 rings (SSSR count). The maximum absolute atomic E-state index is 10.1. The molecule has 0 amide bonds. The van der Waals surface area contributed by atoms with Gasteiger partial charge in [0.2, 0.25) is 0 Å². The van der Waals surface area contributed by atoms with Crippen molar-refractivity contribution in [1.82, 2.24) is 0 Å². The largest absolute Gasteiger partial charge is 0.388 e. The minimum absolute atomic E-state index is 0.200. The van der Waals surface area contributed by atoms with Crippen molar-refractivity contribution in [1.29, 1.82) is 0 Å². The molecule has 0 fully saturated rings. The SMILES string of the molecule is O[C@@H]1C[C@@H](c2ccc(Cl)c(Cl)c2)c2ccccc21. The Labute approximate surface area is 116 Å². The van der Waals surface area contributed by atoms with E-state index in [0.717, 1.165) is 11.1 Å². The first kappa shape index (κ1) is 12.0. The van der Waals surface area contributed by atoms with E-state index in [1.54, 1.807) is 0 Å². The van der Waals surface area contributed by atoms with Crippen LogP contribution in [0.2, 0.25) is 10.0 Å². The van der Waals surface area contributed by atoms with Gasteiger partial charge in [0, 0.05) is 5.92 Å². The second kappa shape index (κ2) is 4.58. The summed E-state index contributed by atoms with van der Waals surface area (Å²) in [5, 5.41) is 11.2. The number of hydrogen-bond acceptors (Lipinski definition) is 1. The lowest BCUT2D eigenvalue weighted by Crippen LogP contribution is -1.96. The second-order valence-electron chi connectivity index (χ2n) is 4.61. The summed E-state index contributed by atoms with van der Waals surface area (Å²) >= 11 is 12.0. The van der Waals surface area contributed by atoms with Gasteiger partial charge < -0.3 is 5.11 Å². The number of halogens is 2. The molecule has 1 aliphatic carbocycles. The molecule has 92 valence electrons. The summed E-state index contributed by atoms with van der Waals surface area (Å²) in [5.41, 5.74) is 3.31. The summed E-state index contributed by atoms with van der Waals surface area (Å²) < 4.78 is 0. The molecule has 0 aliphatic heterocycles. The zero-order valence-electron chi connectivity index (χ0n) is 9.61. The van der Waals surface area contributed by atoms with Gasteiger partial charge in [0.15, 0.2) is 0 Å². The molecular weight excluding hydrogens is 267 g/mol. The van der Waals surface area contributed by atoms with Gasteiger partial charge >= 0.3 is 0 Å². The third kappa shape index (κ3) is 1.93. The van der Waals surface area contributed by atoms with Gasteiger partial charge in [-0.05, 0) is 35.2 Å². The van der Waals surface area contributed by atoms with Crippen molar-refractivity contribution in [3.05, 3.63) is 69.2 Å². The topological polar surface area (TPSA) is 20.2 Å². The zero-order valence-corrected chi connectivity index (χ0v) is 11.1. The number of aliphatic hydroxyl groups is 1. The number of benzene rings is 2. The van der Waals surface area contributed by atoms with Crippen LogP contribution in [0.25, 0.3) is 0 Å². The van der Waals surface area contributed by atoms with Crippen LogP contribution in [0.5, 0.6) is 0 Å². The number of aliphatic hydroxyl groups excluding tert-OH is 1. The highest BCUT2D eigenvalue weighted by Crippen LogP contribution is 2.44. The Balaban J connectivity index is 2.06. The summed E-state index contributed by atoms with van der Waals surface area (Å²) in [6, 6.07) is 13.7. The minimum atomic E-state index is -0.388. The number of hydrogen-bond donors (Lipinski definition) is 1. The predicted octanol–water partition coefficient (Wildman–Crippen LogP) is 4.56. The third-order valence-electron chi connectivity index (χ3n) is 3.54. The maximum Gasteiger partial charge on any atom is 0.0802 e. The van der Waals surface area contributed by atoms with Crippen molar-refractivity contribution >= 4 is 23.2 Å². The van der Waals surface area contributed by atoms with Crippen molar-refractivity contribution in [2.75, 3.05) is 0 Å². The Hall–Kier alpha value is -1.02. The molecule has 2 atom stereocenters. The van der Waals surface area contributed by atoms with E-state index >= 15 is 0 Å². The Morgan fingerprint density at radius 1 is 0.944 bits per heavy atom. The molecule has 0 radical (unpaired) electrons. The normalized spacial score (nSPS) is 21.9. The van der Waals surface area contributed by atoms with Crippen molar-refractivity contribution < 1.29 is 5.11 Å². The molecule has 0 saturated carbocycles. The highest BCUT2D eigenvalue weighted by molar-refractivity contribution is 6.42. The van der Waals surface area contributed by atoms with Gasteiger partial charge in [0.25, 0.3) is 0 Å². The minimum Gasteiger partial charge on any atom is -0.388 e. The van der Waals surface area contributed by atoms with Crippen LogP contribution in [0.1, 0.15) is 35.1 Å². The Bertz CT molecular complexity index is 595. The first-order chi connectivity index (χ1) is 8.66. The maximum atomic E-state index is 10.1. The second-order valence-corrected chi connectivity index (χ2v) is 5.42. The third-order valence-corrected chi connectivity index (χ3v) is 4.27. The van der Waals surface area contributed by atoms with Crippen LogP contribution in [-0.2, 0) is 0 Å². The van der Waals surface area contributed by atoms with Crippen LogP contribution in [0.4, 0.5) is 0 Å². The molecule has 0 bridgehead atoms. The highest BCUT2D eigenvalue weighted by atomic mass is 35.5. The molecule has 0 saturated heterocycles. The average molecular weight is 279 g/mol. The predicted molar refractivity (Wildman–Crippen MR) is 74.3 cm³/mol. The van der Waals surface area contributed by atoms with E-state index in [-0.39, 0.29) is 12.0 Å². The van der Waals surface area contributed by atoms with Crippen LogP contribution in [0.3, 0.4) is 0 Å². The van der Waals surface area contributed by atoms with Crippen molar-refractivity contribution in [3.8, 4) is 0 Å². The molecule has 18 heavy (non-hydrogen) atoms. The van der Waals surface area contributed by atoms with Gasteiger partial charge in [-0.25, -0.2) is 0 Å². The molecule has 0 spiro atoms. The van der Waals surface area contributed by atoms with Crippen LogP contribution in [-0.4, -0.2) is 5.11 Å². The molecule has 2 aromatic rings. The van der Waals surface area contributed by atoms with Crippen LogP contribution >= 0.6 is 23.2 Å². The van der Waals surface area contributed by atoms with Crippen LogP contribution < -0.4 is 0 Å². The summed E-state index contributed by atoms with van der Waals surface area (Å²) in [6.45, 7) is 0. The average Bonchev–Trinajstić information content (AvgIpc) is 2.71. The van der Waals surface area contributed by atoms with Gasteiger partial charge in [-0.15, -0.1) is 0 Å². The van der Waals surface area contributed by atoms with Crippen LogP contribution in [0.15, 0.2) is 42.5 Å². The summed E-state index contributed by atoms with van der Waals surface area (Å²) in [5.74, 6) is 0.200. The van der Waals surface area contributed by atoms with E-state index in [9.17, 15) is 5.11 Å². The zero-order chi connectivity index (χ0) is 12.7. The van der Waals surface area contributed by atoms with E-state index in [1.807, 2.05) is 36.4 Å². The standard InChI is InChI=1S/C15H12Cl2O/c16-13-6-5-9(7-14(13)17)12-8-15(18)11-4-2-1-3-10(11)12/h1-7,12,15,18H,8H2/t12-,15+/m0/s1. The van der Waals surface area contributed by atoms with Gasteiger partial charge in [-0.2, -0.15) is 0 Å². The lowest BCUT2D eigenvalue weighted by molar-refractivity contribution is 0.176. The van der Waals surface area contributed by atoms with Crippen molar-refractivity contribution in [2.24, 2.45) is 0 Å². The summed E-state index contributed by atoms with van der Waals surface area (Å²) in [4.78, 5) is 0. The molecule has 1 N–H and O–H groups in total. The van der Waals surface area contributed by atoms with Gasteiger partial charge in [-0.3, -0.25) is 0 Å². The molecule has 0 heterocycles. The van der Waals surface area contributed by atoms with E-state index in [2.05, 4.69) is 6.07 Å². The van der Waals surface area contributed by atoms with E-state index in [1.165, 1.54) is 5.56 Å². The van der Waals surface area contributed by atoms with E-state index in [4.69, 9.17) is 23.2 Å². The van der Waals surface area contributed by atoms with E-state index < -0.39 is 0 Å². The number of fused-ring (bicyclic) bond motifs is 1. The van der Waals surface area contributed by atoms with Gasteiger partial charge in [0.1, 0.15) is 0 Å². The summed E-state index contributed by atoms with van der Waals surface area (Å²) in [6.07, 6.45) is 0.317. The van der Waals surface area contributed by atoms with Gasteiger partial charge in [0.05, 0.1) is 16.1 Å². The van der Waals surface area contributed by atoms with Gasteiger partial charge in [-0.1, -0.05) is 53.5 Å². The first-order valence-corrected chi connectivity index (χ1v) is 6.64. The van der Waals surface area contributed by atoms with E-state index in [0.29, 0.717) is 16.5 Å². The molecule has 0 aromatic heterocycles. The number of rotatable bonds is 1. The lowest BCUT2D eigenvalue weighted by atomic mass is 9.93. The molecule has 3 heteroatoms. The Kier molecular flexibility index (Phi) is 3.06.